The summed E-state index contributed by atoms with van der Waals surface area (Å²) in [5.41, 5.74) is -0.474. The molecule has 0 N–H and O–H groups in total. The average molecular weight is 381 g/mol. The maximum Gasteiger partial charge on any atom is 0.201 e. The molecule has 5 heteroatoms. The summed E-state index contributed by atoms with van der Waals surface area (Å²) in [7, 11) is 0. The van der Waals surface area contributed by atoms with Gasteiger partial charge in [0, 0.05) is 18.3 Å². The second-order valence-electron chi connectivity index (χ2n) is 10.1. The monoisotopic (exact) mass is 380 g/mol. The molecule has 2 bridgehead atoms. The van der Waals surface area contributed by atoms with Crippen molar-refractivity contribution in [2.45, 2.75) is 103 Å². The van der Waals surface area contributed by atoms with Crippen LogP contribution in [0.1, 0.15) is 78.6 Å². The van der Waals surface area contributed by atoms with Crippen molar-refractivity contribution in [3.05, 3.63) is 0 Å². The van der Waals surface area contributed by atoms with Crippen molar-refractivity contribution in [2.75, 3.05) is 6.61 Å². The predicted molar refractivity (Wildman–Crippen MR) is 99.4 cm³/mol. The first-order valence-electron chi connectivity index (χ1n) is 11.3. The Kier molecular flexibility index (Phi) is 4.84. The van der Waals surface area contributed by atoms with E-state index in [1.54, 1.807) is 0 Å². The van der Waals surface area contributed by atoms with E-state index in [-0.39, 0.29) is 18.5 Å². The van der Waals surface area contributed by atoms with Crippen LogP contribution >= 0.6 is 0 Å². The van der Waals surface area contributed by atoms with E-state index in [4.69, 9.17) is 24.0 Å². The summed E-state index contributed by atoms with van der Waals surface area (Å²) in [6, 6.07) is 0. The molecule has 5 nitrogen and oxygen atoms in total. The molecule has 2 saturated carbocycles. The van der Waals surface area contributed by atoms with Crippen LogP contribution in [-0.2, 0) is 24.0 Å². The Hall–Kier alpha value is -0.200. The zero-order valence-corrected chi connectivity index (χ0v) is 17.2. The van der Waals surface area contributed by atoms with Gasteiger partial charge in [-0.1, -0.05) is 33.1 Å². The standard InChI is InChI=1S/C22H36O5/c1-14-9-10-18-15(2)19(23-13-16-7-5-4-6-8-16)24-20-22(18)17(14)11-12-21(3,25-20)26-27-22/h14-20H,4-13H2,1-3H3/t14-,15-,17?,18?,19?,20-,21+,22-/m1/s1. The number of hydrogen-bond donors (Lipinski definition) is 0. The van der Waals surface area contributed by atoms with Gasteiger partial charge < -0.3 is 14.2 Å². The lowest BCUT2D eigenvalue weighted by molar-refractivity contribution is -0.577. The number of ether oxygens (including phenoxy) is 3. The minimum Gasteiger partial charge on any atom is -0.352 e. The molecule has 3 unspecified atom stereocenters. The van der Waals surface area contributed by atoms with Gasteiger partial charge in [-0.15, -0.1) is 0 Å². The highest BCUT2D eigenvalue weighted by Crippen LogP contribution is 2.60. The molecule has 6 rings (SSSR count). The summed E-state index contributed by atoms with van der Waals surface area (Å²) in [5, 5.41) is 0. The molecule has 4 aliphatic heterocycles. The summed E-state index contributed by atoms with van der Waals surface area (Å²) < 4.78 is 19.3. The molecule has 154 valence electrons. The van der Waals surface area contributed by atoms with Crippen molar-refractivity contribution in [2.24, 2.45) is 29.6 Å². The van der Waals surface area contributed by atoms with Gasteiger partial charge in [-0.3, -0.25) is 0 Å². The third kappa shape index (κ3) is 3.00. The van der Waals surface area contributed by atoms with Crippen molar-refractivity contribution in [1.82, 2.24) is 0 Å². The van der Waals surface area contributed by atoms with Crippen LogP contribution in [-0.4, -0.2) is 30.6 Å². The van der Waals surface area contributed by atoms with Gasteiger partial charge in [-0.2, -0.15) is 0 Å². The Labute approximate surface area is 163 Å². The van der Waals surface area contributed by atoms with Crippen LogP contribution in [0.2, 0.25) is 0 Å². The molecule has 6 fully saturated rings. The summed E-state index contributed by atoms with van der Waals surface area (Å²) in [5.74, 6) is 1.66. The van der Waals surface area contributed by atoms with Crippen molar-refractivity contribution >= 4 is 0 Å². The Morgan fingerprint density at radius 3 is 2.56 bits per heavy atom. The SMILES string of the molecule is C[C@H]1C(OCC2CCCCC2)O[C@@H]2O[C@]3(C)CCC4[C@H](C)CCC1[C@]42OO3. The molecule has 27 heavy (non-hydrogen) atoms. The smallest absolute Gasteiger partial charge is 0.201 e. The highest BCUT2D eigenvalue weighted by molar-refractivity contribution is 5.09. The molecule has 0 aromatic carbocycles. The highest BCUT2D eigenvalue weighted by atomic mass is 17.3. The molecule has 0 amide bonds. The van der Waals surface area contributed by atoms with Crippen molar-refractivity contribution in [3.8, 4) is 0 Å². The normalized spacial score (nSPS) is 53.0. The third-order valence-electron chi connectivity index (χ3n) is 8.32. The lowest BCUT2D eigenvalue weighted by atomic mass is 9.58. The van der Waals surface area contributed by atoms with Crippen LogP contribution in [0.15, 0.2) is 0 Å². The lowest BCUT2D eigenvalue weighted by Crippen LogP contribution is -2.70. The van der Waals surface area contributed by atoms with Crippen LogP contribution in [0.3, 0.4) is 0 Å². The minimum absolute atomic E-state index is 0.201. The molecule has 0 aromatic rings. The van der Waals surface area contributed by atoms with E-state index in [1.165, 1.54) is 38.5 Å². The molecule has 0 radical (unpaired) electrons. The number of hydrogen-bond acceptors (Lipinski definition) is 5. The van der Waals surface area contributed by atoms with Crippen molar-refractivity contribution < 1.29 is 24.0 Å². The van der Waals surface area contributed by atoms with Crippen LogP contribution in [0.4, 0.5) is 0 Å². The van der Waals surface area contributed by atoms with Crippen molar-refractivity contribution in [3.63, 3.8) is 0 Å². The van der Waals surface area contributed by atoms with Gasteiger partial charge in [0.05, 0.1) is 6.61 Å². The second-order valence-corrected chi connectivity index (χ2v) is 10.1. The maximum absolute atomic E-state index is 6.50. The van der Waals surface area contributed by atoms with E-state index in [9.17, 15) is 0 Å². The fourth-order valence-electron chi connectivity index (χ4n) is 6.65. The Balaban J connectivity index is 1.38. The molecule has 4 heterocycles. The molecule has 0 aromatic heterocycles. The molecule has 1 spiro atoms. The molecular weight excluding hydrogens is 344 g/mol. The van der Waals surface area contributed by atoms with Crippen LogP contribution < -0.4 is 0 Å². The first kappa shape index (κ1) is 18.8. The number of rotatable bonds is 3. The van der Waals surface area contributed by atoms with Gasteiger partial charge in [0.25, 0.3) is 0 Å². The van der Waals surface area contributed by atoms with Gasteiger partial charge in [0.1, 0.15) is 0 Å². The second kappa shape index (κ2) is 6.94. The number of fused-ring (bicyclic) bond motifs is 2. The van der Waals surface area contributed by atoms with Gasteiger partial charge in [-0.25, -0.2) is 9.78 Å². The molecular formula is C22H36O5. The average Bonchev–Trinajstić information content (AvgIpc) is 2.90. The Bertz CT molecular complexity index is 549. The van der Waals surface area contributed by atoms with Gasteiger partial charge in [0.15, 0.2) is 18.2 Å². The third-order valence-corrected chi connectivity index (χ3v) is 8.32. The minimum atomic E-state index is -0.702. The first-order chi connectivity index (χ1) is 13.0. The fourth-order valence-corrected chi connectivity index (χ4v) is 6.65. The van der Waals surface area contributed by atoms with Crippen molar-refractivity contribution in [1.29, 1.82) is 0 Å². The largest absolute Gasteiger partial charge is 0.352 e. The van der Waals surface area contributed by atoms with E-state index in [0.29, 0.717) is 23.7 Å². The van der Waals surface area contributed by atoms with Crippen LogP contribution in [0.5, 0.6) is 0 Å². The molecule has 2 aliphatic carbocycles. The Morgan fingerprint density at radius 1 is 0.926 bits per heavy atom. The summed E-state index contributed by atoms with van der Waals surface area (Å²) >= 11 is 0. The Morgan fingerprint density at radius 2 is 1.74 bits per heavy atom. The van der Waals surface area contributed by atoms with E-state index < -0.39 is 11.4 Å². The van der Waals surface area contributed by atoms with Crippen LogP contribution in [0.25, 0.3) is 0 Å². The summed E-state index contributed by atoms with van der Waals surface area (Å²) in [6.45, 7) is 7.43. The molecule has 4 saturated heterocycles. The molecule has 6 aliphatic rings. The zero-order chi connectivity index (χ0) is 18.6. The summed E-state index contributed by atoms with van der Waals surface area (Å²) in [4.78, 5) is 12.1. The summed E-state index contributed by atoms with van der Waals surface area (Å²) in [6.07, 6.45) is 10.4. The van der Waals surface area contributed by atoms with Gasteiger partial charge >= 0.3 is 0 Å². The van der Waals surface area contributed by atoms with E-state index in [2.05, 4.69) is 13.8 Å². The van der Waals surface area contributed by atoms with Gasteiger partial charge in [-0.05, 0) is 56.8 Å². The van der Waals surface area contributed by atoms with Crippen LogP contribution in [0, 0.1) is 29.6 Å². The van der Waals surface area contributed by atoms with E-state index >= 15 is 0 Å². The molecule has 8 atom stereocenters. The zero-order valence-electron chi connectivity index (χ0n) is 17.2. The topological polar surface area (TPSA) is 46.2 Å². The van der Waals surface area contributed by atoms with Gasteiger partial charge in [0.2, 0.25) is 5.79 Å². The fraction of sp³-hybridized carbons (Fsp3) is 1.00. The lowest BCUT2D eigenvalue weighted by Gasteiger charge is -2.60. The van der Waals surface area contributed by atoms with E-state index in [1.807, 2.05) is 6.92 Å². The quantitative estimate of drug-likeness (QED) is 0.659. The predicted octanol–water partition coefficient (Wildman–Crippen LogP) is 4.79. The maximum atomic E-state index is 6.50. The first-order valence-corrected chi connectivity index (χ1v) is 11.3. The van der Waals surface area contributed by atoms with E-state index in [0.717, 1.165) is 25.9 Å². The highest BCUT2D eigenvalue weighted by Gasteiger charge is 2.69.